The van der Waals surface area contributed by atoms with Crippen LogP contribution in [0.2, 0.25) is 0 Å². The normalized spacial score (nSPS) is 11.9. The molecule has 11 aromatic carbocycles. The van der Waals surface area contributed by atoms with Gasteiger partial charge in [0.15, 0.2) is 17.5 Å². The second-order valence-corrected chi connectivity index (χ2v) is 17.1. The predicted octanol–water partition coefficient (Wildman–Crippen LogP) is 16.1. The van der Waals surface area contributed by atoms with Crippen molar-refractivity contribution in [1.29, 1.82) is 0 Å². The van der Waals surface area contributed by atoms with E-state index in [2.05, 4.69) is 217 Å². The molecule has 14 rings (SSSR count). The molecule has 0 unspecified atom stereocenters. The van der Waals surface area contributed by atoms with Crippen LogP contribution in [-0.2, 0) is 0 Å². The van der Waals surface area contributed by atoms with E-state index in [0.717, 1.165) is 93.4 Å². The van der Waals surface area contributed by atoms with Crippen LogP contribution < -0.4 is 0 Å². The van der Waals surface area contributed by atoms with Crippen molar-refractivity contribution in [2.24, 2.45) is 0 Å². The Kier molecular flexibility index (Phi) is 7.91. The smallest absolute Gasteiger partial charge is 0.164 e. The first kappa shape index (κ1) is 36.5. The van der Waals surface area contributed by atoms with E-state index >= 15 is 0 Å². The molecular weight excluding hydrogens is 805 g/mol. The summed E-state index contributed by atoms with van der Waals surface area (Å²) in [6.07, 6.45) is 0. The number of benzene rings is 11. The van der Waals surface area contributed by atoms with Crippen LogP contribution in [0.3, 0.4) is 0 Å². The molecule has 0 saturated heterocycles. The summed E-state index contributed by atoms with van der Waals surface area (Å²) in [6.45, 7) is 0. The zero-order chi connectivity index (χ0) is 43.3. The molecule has 0 radical (unpaired) electrons. The molecule has 3 heterocycles. The third-order valence-corrected chi connectivity index (χ3v) is 13.4. The Morgan fingerprint density at radius 1 is 0.303 bits per heavy atom. The molecular formula is C61H36N4O. The number of hydrogen-bond acceptors (Lipinski definition) is 4. The Morgan fingerprint density at radius 2 is 0.939 bits per heavy atom. The highest BCUT2D eigenvalue weighted by Gasteiger charge is 2.23. The molecule has 66 heavy (non-hydrogen) atoms. The van der Waals surface area contributed by atoms with Crippen LogP contribution in [0.25, 0.3) is 138 Å². The van der Waals surface area contributed by atoms with Crippen LogP contribution in [0, 0.1) is 0 Å². The van der Waals surface area contributed by atoms with E-state index < -0.39 is 0 Å². The predicted molar refractivity (Wildman–Crippen MR) is 273 cm³/mol. The Balaban J connectivity index is 1.05. The van der Waals surface area contributed by atoms with Gasteiger partial charge in [0, 0.05) is 49.9 Å². The molecule has 0 spiro atoms. The molecule has 0 aliphatic heterocycles. The zero-order valence-electron chi connectivity index (χ0n) is 35.5. The lowest BCUT2D eigenvalue weighted by molar-refractivity contribution is 0.668. The SMILES string of the molecule is c1ccc(-c2cc3c(cc2-n2c4ccccc4c4cc5ccccc5cc42)oc2cccc(-c4nc(-c5ccc6ccccc6c5)nc(-c5cc6ccccc6c6ccccc56)n4)c23)cc1. The van der Waals surface area contributed by atoms with Crippen LogP contribution in [0.5, 0.6) is 0 Å². The van der Waals surface area contributed by atoms with E-state index in [1.807, 2.05) is 6.07 Å². The van der Waals surface area contributed by atoms with E-state index in [9.17, 15) is 0 Å². The number of fused-ring (bicyclic) bond motifs is 11. The van der Waals surface area contributed by atoms with Gasteiger partial charge in [-0.2, -0.15) is 0 Å². The van der Waals surface area contributed by atoms with Crippen LogP contribution in [-0.4, -0.2) is 19.5 Å². The molecule has 0 fully saturated rings. The Bertz CT molecular complexity index is 4300. The molecule has 0 bridgehead atoms. The van der Waals surface area contributed by atoms with Gasteiger partial charge < -0.3 is 8.98 Å². The van der Waals surface area contributed by atoms with Gasteiger partial charge in [0.25, 0.3) is 0 Å². The lowest BCUT2D eigenvalue weighted by atomic mass is 9.96. The highest BCUT2D eigenvalue weighted by Crippen LogP contribution is 2.44. The van der Waals surface area contributed by atoms with Crippen molar-refractivity contribution < 1.29 is 4.42 Å². The van der Waals surface area contributed by atoms with Crippen molar-refractivity contribution in [3.05, 3.63) is 218 Å². The minimum atomic E-state index is 0.577. The van der Waals surface area contributed by atoms with E-state index in [1.54, 1.807) is 0 Å². The second-order valence-electron chi connectivity index (χ2n) is 17.1. The van der Waals surface area contributed by atoms with Crippen LogP contribution in [0.4, 0.5) is 0 Å². The number of hydrogen-bond donors (Lipinski definition) is 0. The van der Waals surface area contributed by atoms with E-state index in [0.29, 0.717) is 17.5 Å². The molecule has 0 amide bonds. The summed E-state index contributed by atoms with van der Waals surface area (Å²) in [5.41, 5.74) is 9.80. The lowest BCUT2D eigenvalue weighted by Gasteiger charge is -2.15. The molecule has 306 valence electrons. The Hall–Kier alpha value is -8.93. The fourth-order valence-electron chi connectivity index (χ4n) is 10.3. The molecule has 3 aromatic heterocycles. The molecule has 0 aliphatic rings. The quantitative estimate of drug-likeness (QED) is 0.162. The molecule has 5 heteroatoms. The lowest BCUT2D eigenvalue weighted by Crippen LogP contribution is -2.01. The Labute approximate surface area is 378 Å². The summed E-state index contributed by atoms with van der Waals surface area (Å²) in [6, 6.07) is 77.5. The summed E-state index contributed by atoms with van der Waals surface area (Å²) >= 11 is 0. The van der Waals surface area contributed by atoms with Gasteiger partial charge in [0.2, 0.25) is 0 Å². The fraction of sp³-hybridized carbons (Fsp3) is 0. The number of furan rings is 1. The average molecular weight is 841 g/mol. The minimum Gasteiger partial charge on any atom is -0.456 e. The first-order chi connectivity index (χ1) is 32.7. The van der Waals surface area contributed by atoms with Gasteiger partial charge in [0.05, 0.1) is 16.7 Å². The number of aromatic nitrogens is 4. The maximum Gasteiger partial charge on any atom is 0.164 e. The highest BCUT2D eigenvalue weighted by molar-refractivity contribution is 6.17. The topological polar surface area (TPSA) is 56.7 Å². The average Bonchev–Trinajstić information content (AvgIpc) is 3.91. The first-order valence-electron chi connectivity index (χ1n) is 22.3. The summed E-state index contributed by atoms with van der Waals surface area (Å²) in [5, 5.41) is 13.6. The molecule has 0 atom stereocenters. The molecule has 5 nitrogen and oxygen atoms in total. The van der Waals surface area contributed by atoms with Gasteiger partial charge in [-0.25, -0.2) is 15.0 Å². The number of nitrogens with zero attached hydrogens (tertiary/aromatic N) is 4. The van der Waals surface area contributed by atoms with Gasteiger partial charge in [-0.05, 0) is 91.1 Å². The summed E-state index contributed by atoms with van der Waals surface area (Å²) in [7, 11) is 0. The highest BCUT2D eigenvalue weighted by atomic mass is 16.3. The third kappa shape index (κ3) is 5.63. The maximum absolute atomic E-state index is 6.94. The van der Waals surface area contributed by atoms with Gasteiger partial charge in [-0.3, -0.25) is 0 Å². The zero-order valence-corrected chi connectivity index (χ0v) is 35.5. The van der Waals surface area contributed by atoms with Crippen LogP contribution in [0.1, 0.15) is 0 Å². The maximum atomic E-state index is 6.94. The Morgan fingerprint density at radius 3 is 1.76 bits per heavy atom. The number of para-hydroxylation sites is 1. The summed E-state index contributed by atoms with van der Waals surface area (Å²) in [5.74, 6) is 1.79. The van der Waals surface area contributed by atoms with Crippen molar-refractivity contribution >= 4 is 86.8 Å². The van der Waals surface area contributed by atoms with Gasteiger partial charge in [-0.1, -0.05) is 170 Å². The van der Waals surface area contributed by atoms with Gasteiger partial charge in [-0.15, -0.1) is 0 Å². The first-order valence-corrected chi connectivity index (χ1v) is 22.3. The van der Waals surface area contributed by atoms with Crippen LogP contribution in [0.15, 0.2) is 223 Å². The fourth-order valence-corrected chi connectivity index (χ4v) is 10.3. The molecule has 0 aliphatic carbocycles. The monoisotopic (exact) mass is 840 g/mol. The van der Waals surface area contributed by atoms with E-state index in [-0.39, 0.29) is 0 Å². The van der Waals surface area contributed by atoms with Gasteiger partial charge >= 0.3 is 0 Å². The molecule has 14 aromatic rings. The van der Waals surface area contributed by atoms with Crippen molar-refractivity contribution in [1.82, 2.24) is 19.5 Å². The van der Waals surface area contributed by atoms with Crippen molar-refractivity contribution in [3.63, 3.8) is 0 Å². The van der Waals surface area contributed by atoms with Crippen molar-refractivity contribution in [3.8, 4) is 51.0 Å². The van der Waals surface area contributed by atoms with E-state index in [1.165, 1.54) is 26.9 Å². The van der Waals surface area contributed by atoms with Crippen LogP contribution >= 0.6 is 0 Å². The number of rotatable bonds is 5. The van der Waals surface area contributed by atoms with Crippen molar-refractivity contribution in [2.45, 2.75) is 0 Å². The second kappa shape index (κ2) is 14.3. The summed E-state index contributed by atoms with van der Waals surface area (Å²) < 4.78 is 9.35. The third-order valence-electron chi connectivity index (χ3n) is 13.4. The van der Waals surface area contributed by atoms with Crippen molar-refractivity contribution in [2.75, 3.05) is 0 Å². The molecule has 0 N–H and O–H groups in total. The molecule has 0 saturated carbocycles. The van der Waals surface area contributed by atoms with E-state index in [4.69, 9.17) is 19.4 Å². The summed E-state index contributed by atoms with van der Waals surface area (Å²) in [4.78, 5) is 16.1. The standard InChI is InChI=1S/C61H36N4O/c1-2-16-38(17-3-1)49-35-52-57(36-55(49)65-53-27-13-12-25-47(53)50-32-40-19-6-7-20-41(40)34-54(50)65)66-56-28-14-26-48(58(52)56)60-62-59(43-30-29-37-15-4-5-18-39(37)31-43)63-61(64-60)51-33-42-21-8-9-22-44(42)45-23-10-11-24-46(45)51/h1-36H. The minimum absolute atomic E-state index is 0.577. The largest absolute Gasteiger partial charge is 0.456 e. The van der Waals surface area contributed by atoms with Gasteiger partial charge in [0.1, 0.15) is 11.2 Å².